The largest absolute Gasteiger partial charge is 0.444 e. The van der Waals surface area contributed by atoms with E-state index in [1.165, 1.54) is 6.33 Å². The molecule has 2 aromatic heterocycles. The van der Waals surface area contributed by atoms with E-state index < -0.39 is 29.3 Å². The number of ether oxygens (including phenoxy) is 1. The minimum atomic E-state index is -4.56. The number of carbonyl (C=O) groups is 1. The zero-order valence-electron chi connectivity index (χ0n) is 16.8. The van der Waals surface area contributed by atoms with E-state index in [0.717, 1.165) is 21.5 Å². The fourth-order valence-corrected chi connectivity index (χ4v) is 2.76. The van der Waals surface area contributed by atoms with Crippen molar-refractivity contribution >= 4 is 12.0 Å². The Labute approximate surface area is 169 Å². The highest BCUT2D eigenvalue weighted by Crippen LogP contribution is 2.27. The van der Waals surface area contributed by atoms with Crippen LogP contribution in [0.4, 0.5) is 23.9 Å². The van der Waals surface area contributed by atoms with E-state index in [4.69, 9.17) is 4.74 Å². The number of anilines is 1. The zero-order valence-corrected chi connectivity index (χ0v) is 16.8. The summed E-state index contributed by atoms with van der Waals surface area (Å²) in [6.07, 6.45) is -2.63. The van der Waals surface area contributed by atoms with Crippen molar-refractivity contribution in [1.82, 2.24) is 29.2 Å². The number of carbonyl (C=O) groups excluding carboxylic acids is 1. The summed E-state index contributed by atoms with van der Waals surface area (Å²) in [6, 6.07) is 0.824. The van der Waals surface area contributed by atoms with Gasteiger partial charge in [-0.25, -0.2) is 14.6 Å². The number of hydrogen-bond acceptors (Lipinski definition) is 7. The van der Waals surface area contributed by atoms with E-state index >= 15 is 0 Å². The first-order valence-corrected chi connectivity index (χ1v) is 9.19. The van der Waals surface area contributed by atoms with Gasteiger partial charge in [-0.2, -0.15) is 23.3 Å². The van der Waals surface area contributed by atoms with Gasteiger partial charge in [0.15, 0.2) is 5.69 Å². The van der Waals surface area contributed by atoms with Gasteiger partial charge >= 0.3 is 18.0 Å². The average molecular weight is 429 g/mol. The predicted octanol–water partition coefficient (Wildman–Crippen LogP) is 1.42. The van der Waals surface area contributed by atoms with Crippen LogP contribution in [0.1, 0.15) is 26.5 Å². The van der Waals surface area contributed by atoms with Gasteiger partial charge in [0.2, 0.25) is 5.95 Å². The van der Waals surface area contributed by atoms with Crippen molar-refractivity contribution in [2.45, 2.75) is 39.2 Å². The maximum absolute atomic E-state index is 12.6. The minimum absolute atomic E-state index is 0.191. The van der Waals surface area contributed by atoms with Crippen molar-refractivity contribution in [2.75, 3.05) is 31.1 Å². The van der Waals surface area contributed by atoms with Crippen LogP contribution in [0, 0.1) is 0 Å². The summed E-state index contributed by atoms with van der Waals surface area (Å²) in [4.78, 5) is 35.7. The van der Waals surface area contributed by atoms with Crippen molar-refractivity contribution in [3.8, 4) is 0 Å². The molecule has 10 nitrogen and oxygen atoms in total. The Kier molecular flexibility index (Phi) is 5.72. The molecule has 0 N–H and O–H groups in total. The quantitative estimate of drug-likeness (QED) is 0.728. The van der Waals surface area contributed by atoms with E-state index in [2.05, 4.69) is 15.1 Å². The molecule has 0 aliphatic carbocycles. The summed E-state index contributed by atoms with van der Waals surface area (Å²) in [5.74, 6) is 0.191. The molecule has 0 radical (unpaired) electrons. The topological polar surface area (TPSA) is 98.4 Å². The Morgan fingerprint density at radius 2 is 1.83 bits per heavy atom. The molecule has 13 heteroatoms. The predicted molar refractivity (Wildman–Crippen MR) is 98.9 cm³/mol. The second-order valence-electron chi connectivity index (χ2n) is 7.74. The first kappa shape index (κ1) is 21.6. The van der Waals surface area contributed by atoms with E-state index in [-0.39, 0.29) is 12.6 Å². The van der Waals surface area contributed by atoms with Crippen molar-refractivity contribution < 1.29 is 22.7 Å². The molecule has 1 aliphatic rings. The van der Waals surface area contributed by atoms with Crippen LogP contribution in [0.2, 0.25) is 0 Å². The van der Waals surface area contributed by atoms with Gasteiger partial charge in [-0.15, -0.1) is 0 Å². The van der Waals surface area contributed by atoms with Crippen molar-refractivity contribution in [1.29, 1.82) is 0 Å². The molecule has 1 aliphatic heterocycles. The van der Waals surface area contributed by atoms with Crippen molar-refractivity contribution in [3.05, 3.63) is 34.8 Å². The molecule has 2 aromatic rings. The monoisotopic (exact) mass is 429 g/mol. The lowest BCUT2D eigenvalue weighted by Crippen LogP contribution is -2.51. The highest BCUT2D eigenvalue weighted by atomic mass is 19.4. The number of alkyl halides is 3. The number of rotatable bonds is 3. The molecule has 30 heavy (non-hydrogen) atoms. The lowest BCUT2D eigenvalue weighted by Gasteiger charge is -2.35. The summed E-state index contributed by atoms with van der Waals surface area (Å²) in [6.45, 7) is 6.71. The van der Waals surface area contributed by atoms with E-state index in [1.807, 2.05) is 0 Å². The summed E-state index contributed by atoms with van der Waals surface area (Å²) in [5.41, 5.74) is -2.30. The Balaban J connectivity index is 1.62. The second kappa shape index (κ2) is 7.95. The minimum Gasteiger partial charge on any atom is -0.444 e. The number of nitrogens with zero attached hydrogens (tertiary/aromatic N) is 7. The van der Waals surface area contributed by atoms with Gasteiger partial charge in [0.25, 0.3) is 0 Å². The van der Waals surface area contributed by atoms with Crippen LogP contribution in [0.3, 0.4) is 0 Å². The normalized spacial score (nSPS) is 15.4. The highest BCUT2D eigenvalue weighted by Gasteiger charge is 2.33. The third-order valence-corrected chi connectivity index (χ3v) is 4.20. The molecule has 0 saturated carbocycles. The van der Waals surface area contributed by atoms with Gasteiger partial charge in [-0.05, 0) is 26.8 Å². The third kappa shape index (κ3) is 5.27. The van der Waals surface area contributed by atoms with Crippen LogP contribution >= 0.6 is 0 Å². The molecule has 3 heterocycles. The summed E-state index contributed by atoms with van der Waals surface area (Å²) in [5, 5.41) is 3.40. The SMILES string of the molecule is CC(C)(C)OC(=O)N1CCN(c2ncn(Cn3ccc(C(F)(F)F)n3)c(=O)n2)CC1. The summed E-state index contributed by atoms with van der Waals surface area (Å²) >= 11 is 0. The first-order chi connectivity index (χ1) is 13.9. The maximum Gasteiger partial charge on any atom is 0.435 e. The molecule has 1 fully saturated rings. The number of aromatic nitrogens is 5. The first-order valence-electron chi connectivity index (χ1n) is 9.19. The van der Waals surface area contributed by atoms with Crippen LogP contribution in [0.25, 0.3) is 0 Å². The maximum atomic E-state index is 12.6. The van der Waals surface area contributed by atoms with Gasteiger partial charge < -0.3 is 14.5 Å². The Hall–Kier alpha value is -3.12. The summed E-state index contributed by atoms with van der Waals surface area (Å²) < 4.78 is 45.3. The fourth-order valence-electron chi connectivity index (χ4n) is 2.76. The highest BCUT2D eigenvalue weighted by molar-refractivity contribution is 5.68. The fraction of sp³-hybridized carbons (Fsp3) is 0.588. The van der Waals surface area contributed by atoms with Crippen LogP contribution in [0.5, 0.6) is 0 Å². The number of piperazine rings is 1. The molecular formula is C17H22F3N7O3. The van der Waals surface area contributed by atoms with Crippen molar-refractivity contribution in [3.63, 3.8) is 0 Å². The van der Waals surface area contributed by atoms with Gasteiger partial charge in [-0.3, -0.25) is 9.25 Å². The molecule has 0 atom stereocenters. The third-order valence-electron chi connectivity index (χ3n) is 4.20. The molecular weight excluding hydrogens is 407 g/mol. The van der Waals surface area contributed by atoms with Crippen molar-refractivity contribution in [2.24, 2.45) is 0 Å². The number of amides is 1. The molecule has 0 spiro atoms. The van der Waals surface area contributed by atoms with Crippen LogP contribution < -0.4 is 10.6 Å². The van der Waals surface area contributed by atoms with Gasteiger partial charge in [0, 0.05) is 32.4 Å². The van der Waals surface area contributed by atoms with E-state index in [1.54, 1.807) is 30.6 Å². The van der Waals surface area contributed by atoms with Crippen LogP contribution in [0.15, 0.2) is 23.4 Å². The Bertz CT molecular complexity index is 956. The zero-order chi connectivity index (χ0) is 22.1. The van der Waals surface area contributed by atoms with E-state index in [0.29, 0.717) is 26.2 Å². The Morgan fingerprint density at radius 3 is 2.37 bits per heavy atom. The van der Waals surface area contributed by atoms with E-state index in [9.17, 15) is 22.8 Å². The van der Waals surface area contributed by atoms with Crippen LogP contribution in [-0.2, 0) is 17.6 Å². The molecule has 0 bridgehead atoms. The summed E-state index contributed by atoms with van der Waals surface area (Å²) in [7, 11) is 0. The van der Waals surface area contributed by atoms with Crippen LogP contribution in [-0.4, -0.2) is 67.1 Å². The molecule has 3 rings (SSSR count). The Morgan fingerprint density at radius 1 is 1.17 bits per heavy atom. The molecule has 164 valence electrons. The van der Waals surface area contributed by atoms with Gasteiger partial charge in [-0.1, -0.05) is 0 Å². The number of hydrogen-bond donors (Lipinski definition) is 0. The number of halogens is 3. The lowest BCUT2D eigenvalue weighted by molar-refractivity contribution is -0.141. The van der Waals surface area contributed by atoms with Gasteiger partial charge in [0.05, 0.1) is 0 Å². The average Bonchev–Trinajstić information content (AvgIpc) is 3.11. The molecule has 1 amide bonds. The molecule has 1 saturated heterocycles. The molecule has 0 aromatic carbocycles. The smallest absolute Gasteiger partial charge is 0.435 e. The standard InChI is InChI=1S/C17H22F3N7O3/c1-16(2,3)30-15(29)25-8-6-24(7-9-25)13-21-10-26(14(28)22-13)11-27-5-4-12(23-27)17(18,19)20/h4-5,10H,6-9,11H2,1-3H3. The second-order valence-corrected chi connectivity index (χ2v) is 7.74. The molecule has 0 unspecified atom stereocenters. The van der Waals surface area contributed by atoms with Gasteiger partial charge in [0.1, 0.15) is 18.6 Å². The lowest BCUT2D eigenvalue weighted by atomic mass is 10.2.